The molecule has 0 bridgehead atoms. The van der Waals surface area contributed by atoms with Gasteiger partial charge in [-0.15, -0.1) is 0 Å². The van der Waals surface area contributed by atoms with Crippen molar-refractivity contribution < 1.29 is 14.6 Å². The van der Waals surface area contributed by atoms with Gasteiger partial charge in [0.25, 0.3) is 0 Å². The van der Waals surface area contributed by atoms with Crippen LogP contribution in [0.2, 0.25) is 0 Å². The number of para-hydroxylation sites is 1. The zero-order valence-corrected chi connectivity index (χ0v) is 19.0. The van der Waals surface area contributed by atoms with E-state index in [-0.39, 0.29) is 17.4 Å². The minimum absolute atomic E-state index is 0.0114. The van der Waals surface area contributed by atoms with Crippen molar-refractivity contribution in [3.8, 4) is 5.75 Å². The molecule has 170 valence electrons. The zero-order chi connectivity index (χ0) is 23.7. The van der Waals surface area contributed by atoms with Gasteiger partial charge in [0.05, 0.1) is 7.11 Å². The second kappa shape index (κ2) is 9.02. The van der Waals surface area contributed by atoms with Crippen LogP contribution >= 0.6 is 0 Å². The molecule has 1 atom stereocenters. The first-order valence-corrected chi connectivity index (χ1v) is 11.4. The van der Waals surface area contributed by atoms with E-state index < -0.39 is 5.92 Å². The number of aliphatic hydroxyl groups excluding tert-OH is 1. The van der Waals surface area contributed by atoms with Gasteiger partial charge in [-0.2, -0.15) is 0 Å². The van der Waals surface area contributed by atoms with E-state index in [1.807, 2.05) is 89.8 Å². The fourth-order valence-corrected chi connectivity index (χ4v) is 4.94. The number of nitrogens with zero attached hydrogens (tertiary/aromatic N) is 1. The highest BCUT2D eigenvalue weighted by Gasteiger charge is 2.43. The number of methoxy groups -OCH3 is 1. The number of ketones is 1. The van der Waals surface area contributed by atoms with Crippen LogP contribution in [0.15, 0.2) is 102 Å². The van der Waals surface area contributed by atoms with Gasteiger partial charge < -0.3 is 9.84 Å². The van der Waals surface area contributed by atoms with Crippen LogP contribution in [-0.4, -0.2) is 23.8 Å². The Morgan fingerprint density at radius 2 is 1.59 bits per heavy atom. The average Bonchev–Trinajstić information content (AvgIpc) is 2.89. The maximum absolute atomic E-state index is 13.4. The number of Topliss-reactive ketones (excluding diaryl/α,β-unsaturated/α-hetero) is 1. The molecule has 3 aromatic carbocycles. The molecule has 0 saturated heterocycles. The van der Waals surface area contributed by atoms with Crippen molar-refractivity contribution in [1.82, 2.24) is 0 Å². The summed E-state index contributed by atoms with van der Waals surface area (Å²) in [4.78, 5) is 15.3. The van der Waals surface area contributed by atoms with E-state index >= 15 is 0 Å². The van der Waals surface area contributed by atoms with Crippen molar-refractivity contribution in [2.24, 2.45) is 0 Å². The van der Waals surface area contributed by atoms with Gasteiger partial charge in [0, 0.05) is 40.4 Å². The third-order valence-corrected chi connectivity index (χ3v) is 6.52. The summed E-state index contributed by atoms with van der Waals surface area (Å²) in [5.74, 6) is 0.428. The lowest BCUT2D eigenvalue weighted by Gasteiger charge is -2.41. The number of ether oxygens (including phenoxy) is 1. The van der Waals surface area contributed by atoms with Gasteiger partial charge in [0.15, 0.2) is 5.78 Å². The lowest BCUT2D eigenvalue weighted by atomic mass is 9.73. The van der Waals surface area contributed by atoms with Crippen molar-refractivity contribution >= 4 is 23.1 Å². The number of anilines is 1. The van der Waals surface area contributed by atoms with E-state index in [0.717, 1.165) is 23.4 Å². The molecule has 2 aliphatic rings. The third kappa shape index (κ3) is 3.69. The quantitative estimate of drug-likeness (QED) is 0.461. The molecule has 3 aromatic rings. The van der Waals surface area contributed by atoms with Crippen molar-refractivity contribution in [1.29, 1.82) is 5.41 Å². The highest BCUT2D eigenvalue weighted by molar-refractivity contribution is 6.19. The molecule has 1 aliphatic carbocycles. The van der Waals surface area contributed by atoms with E-state index in [1.54, 1.807) is 7.11 Å². The number of amidine groups is 1. The van der Waals surface area contributed by atoms with Crippen LogP contribution < -0.4 is 9.64 Å². The van der Waals surface area contributed by atoms with Crippen LogP contribution in [0, 0.1) is 5.41 Å². The van der Waals surface area contributed by atoms with Crippen molar-refractivity contribution in [3.05, 3.63) is 113 Å². The Bertz CT molecular complexity index is 1290. The number of aliphatic hydroxyl groups is 1. The van der Waals surface area contributed by atoms with Gasteiger partial charge in [-0.25, -0.2) is 0 Å². The minimum Gasteiger partial charge on any atom is -0.507 e. The fraction of sp³-hybridized carbons (Fsp3) is 0.172. The van der Waals surface area contributed by atoms with Crippen LogP contribution in [0.5, 0.6) is 5.75 Å². The molecule has 0 unspecified atom stereocenters. The highest BCUT2D eigenvalue weighted by atomic mass is 16.5. The molecule has 0 saturated carbocycles. The molecule has 0 aromatic heterocycles. The summed E-state index contributed by atoms with van der Waals surface area (Å²) in [6.07, 6.45) is 1.90. The minimum atomic E-state index is -0.540. The lowest BCUT2D eigenvalue weighted by molar-refractivity contribution is -0.116. The number of rotatable bonds is 4. The molecule has 5 rings (SSSR count). The first-order valence-electron chi connectivity index (χ1n) is 11.4. The summed E-state index contributed by atoms with van der Waals surface area (Å²) in [5.41, 5.74) is 4.20. The van der Waals surface area contributed by atoms with Crippen LogP contribution in [0.3, 0.4) is 0 Å². The first kappa shape index (κ1) is 21.7. The van der Waals surface area contributed by atoms with Gasteiger partial charge in [-0.3, -0.25) is 15.1 Å². The molecule has 0 amide bonds. The van der Waals surface area contributed by atoms with E-state index in [0.29, 0.717) is 35.3 Å². The summed E-state index contributed by atoms with van der Waals surface area (Å²) >= 11 is 0. The molecule has 1 aliphatic heterocycles. The van der Waals surface area contributed by atoms with Crippen LogP contribution in [0.4, 0.5) is 5.69 Å². The van der Waals surface area contributed by atoms with Crippen LogP contribution in [-0.2, 0) is 4.79 Å². The zero-order valence-electron chi connectivity index (χ0n) is 19.0. The fourth-order valence-electron chi connectivity index (χ4n) is 4.94. The molecule has 2 N–H and O–H groups in total. The monoisotopic (exact) mass is 450 g/mol. The number of carbonyl (C=O) groups excluding carboxylic acids is 1. The summed E-state index contributed by atoms with van der Waals surface area (Å²) in [5, 5.41) is 20.8. The molecular weight excluding hydrogens is 424 g/mol. The van der Waals surface area contributed by atoms with Gasteiger partial charge >= 0.3 is 0 Å². The Kier molecular flexibility index (Phi) is 5.76. The van der Waals surface area contributed by atoms with Gasteiger partial charge in [-0.05, 0) is 42.7 Å². The number of carbonyl (C=O) groups is 1. The van der Waals surface area contributed by atoms with Crippen molar-refractivity contribution in [2.75, 3.05) is 12.0 Å². The molecule has 5 nitrogen and oxygen atoms in total. The van der Waals surface area contributed by atoms with E-state index in [2.05, 4.69) is 0 Å². The van der Waals surface area contributed by atoms with Crippen molar-refractivity contribution in [3.63, 3.8) is 0 Å². The predicted octanol–water partition coefficient (Wildman–Crippen LogP) is 6.25. The summed E-state index contributed by atoms with van der Waals surface area (Å²) in [6, 6.07) is 26.4. The number of hydrogen-bond acceptors (Lipinski definition) is 4. The number of hydrogen-bond donors (Lipinski definition) is 2. The van der Waals surface area contributed by atoms with Crippen LogP contribution in [0.1, 0.15) is 36.3 Å². The summed E-state index contributed by atoms with van der Waals surface area (Å²) in [7, 11) is 1.61. The van der Waals surface area contributed by atoms with E-state index in [4.69, 9.17) is 4.74 Å². The second-order valence-electron chi connectivity index (χ2n) is 8.49. The highest BCUT2D eigenvalue weighted by Crippen LogP contribution is 2.48. The first-order chi connectivity index (χ1) is 16.6. The van der Waals surface area contributed by atoms with Gasteiger partial charge in [0.2, 0.25) is 0 Å². The Hall–Kier alpha value is -4.12. The topological polar surface area (TPSA) is 73.6 Å². The van der Waals surface area contributed by atoms with Gasteiger partial charge in [0.1, 0.15) is 17.3 Å². The lowest BCUT2D eigenvalue weighted by Crippen LogP contribution is -2.42. The predicted molar refractivity (Wildman–Crippen MR) is 134 cm³/mol. The normalized spacial score (nSPS) is 19.7. The second-order valence-corrected chi connectivity index (χ2v) is 8.49. The van der Waals surface area contributed by atoms with Gasteiger partial charge in [-0.1, -0.05) is 60.7 Å². The molecule has 0 spiro atoms. The number of benzene rings is 3. The molecule has 1 heterocycles. The standard InChI is InChI=1S/C29H26N2O3/c1-34-22-17-15-19(16-18-22)25-26-23(13-8-14-24(26)32)31(21-11-6-3-7-12-21)29(30)27(25)28(33)20-9-4-2-5-10-20/h2-7,9-12,15-18,25,30,33H,8,13-14H2,1H3/t25-/m0/s1. The molecule has 0 radical (unpaired) electrons. The largest absolute Gasteiger partial charge is 0.507 e. The maximum Gasteiger partial charge on any atom is 0.161 e. The molecule has 0 fully saturated rings. The smallest absolute Gasteiger partial charge is 0.161 e. The number of allylic oxidation sites excluding steroid dienone is 2. The summed E-state index contributed by atoms with van der Waals surface area (Å²) in [6.45, 7) is 0. The Balaban J connectivity index is 1.81. The Morgan fingerprint density at radius 3 is 2.24 bits per heavy atom. The summed E-state index contributed by atoms with van der Waals surface area (Å²) < 4.78 is 5.33. The molecule has 34 heavy (non-hydrogen) atoms. The third-order valence-electron chi connectivity index (χ3n) is 6.52. The SMILES string of the molecule is COc1ccc([C@@H]2C(=C(O)c3ccccc3)C(=N)N(c3ccccc3)C3=C2C(=O)CCC3)cc1. The Morgan fingerprint density at radius 1 is 0.941 bits per heavy atom. The van der Waals surface area contributed by atoms with E-state index in [9.17, 15) is 15.3 Å². The molecular formula is C29H26N2O3. The number of nitrogens with one attached hydrogen (secondary N) is 1. The average molecular weight is 451 g/mol. The molecule has 5 heteroatoms. The van der Waals surface area contributed by atoms with E-state index in [1.165, 1.54) is 0 Å². The van der Waals surface area contributed by atoms with Crippen molar-refractivity contribution in [2.45, 2.75) is 25.2 Å². The van der Waals surface area contributed by atoms with Crippen LogP contribution in [0.25, 0.3) is 5.76 Å². The maximum atomic E-state index is 13.4. The Labute approximate surface area is 199 Å².